The Balaban J connectivity index is 1.73. The maximum atomic E-state index is 12.1. The molecule has 62 heavy (non-hydrogen) atoms. The molecule has 1 aliphatic heterocycles. The third-order valence-corrected chi connectivity index (χ3v) is 10.4. The lowest BCUT2D eigenvalue weighted by Crippen LogP contribution is -2.31. The number of amides is 2. The van der Waals surface area contributed by atoms with Gasteiger partial charge >= 0.3 is 0 Å². The lowest BCUT2D eigenvalue weighted by Gasteiger charge is -2.09. The van der Waals surface area contributed by atoms with Crippen LogP contribution in [-0.2, 0) is 52.4 Å². The fraction of sp³-hybridized carbons (Fsp3) is 0.870. The van der Waals surface area contributed by atoms with Gasteiger partial charge in [-0.1, -0.05) is 90.4 Å². The first-order valence-corrected chi connectivity index (χ1v) is 23.7. The molecule has 0 aromatic rings. The van der Waals surface area contributed by atoms with Gasteiger partial charge in [-0.25, -0.2) is 0 Å². The SMILES string of the molecule is CC(=O)[C@@H](C)CCCCCC(=O)COCCOCCNC(=O)COCCOCCCC(=O)COCCOCCNC(=O)CCCCCCCCCCCCCCCC1=NN=NC1. The largest absolute Gasteiger partial charge is 0.379 e. The molecule has 1 rings (SSSR count). The quantitative estimate of drug-likeness (QED) is 0.0591. The van der Waals surface area contributed by atoms with Crippen LogP contribution in [0, 0.1) is 5.92 Å². The molecular weight excluding hydrogens is 799 g/mol. The topological polar surface area (TPSA) is 202 Å². The van der Waals surface area contributed by atoms with Gasteiger partial charge in [0.05, 0.1) is 58.6 Å². The van der Waals surface area contributed by atoms with Crippen LogP contribution in [0.15, 0.2) is 15.4 Å². The summed E-state index contributed by atoms with van der Waals surface area (Å²) >= 11 is 0. The summed E-state index contributed by atoms with van der Waals surface area (Å²) in [7, 11) is 0. The number of ketones is 3. The number of carbonyl (C=O) groups is 5. The van der Waals surface area contributed by atoms with Crippen molar-refractivity contribution in [3.8, 4) is 0 Å². The van der Waals surface area contributed by atoms with Crippen LogP contribution in [0.3, 0.4) is 0 Å². The van der Waals surface area contributed by atoms with Crippen LogP contribution in [0.25, 0.3) is 0 Å². The average molecular weight is 882 g/mol. The van der Waals surface area contributed by atoms with Crippen molar-refractivity contribution < 1.29 is 52.4 Å². The van der Waals surface area contributed by atoms with Gasteiger partial charge < -0.3 is 39.1 Å². The Labute approximate surface area is 372 Å². The first kappa shape index (κ1) is 57.0. The van der Waals surface area contributed by atoms with E-state index in [0.717, 1.165) is 50.7 Å². The molecule has 0 aromatic carbocycles. The van der Waals surface area contributed by atoms with Crippen LogP contribution < -0.4 is 10.6 Å². The van der Waals surface area contributed by atoms with Crippen molar-refractivity contribution in [1.29, 1.82) is 0 Å². The second-order valence-electron chi connectivity index (χ2n) is 16.1. The molecular formula is C46H83N5O11. The summed E-state index contributed by atoms with van der Waals surface area (Å²) in [6.07, 6.45) is 22.7. The number of Topliss-reactive ketones (excluding diaryl/α,β-unsaturated/α-hetero) is 3. The number of hydrogen-bond acceptors (Lipinski definition) is 14. The number of unbranched alkanes of at least 4 members (excludes halogenated alkanes) is 14. The molecule has 0 radical (unpaired) electrons. The van der Waals surface area contributed by atoms with Crippen LogP contribution in [-0.4, -0.2) is 134 Å². The fourth-order valence-corrected chi connectivity index (χ4v) is 6.46. The standard InChI is InChI=1S/C46H83N5O11/c1-40(41(2)52)20-15-14-17-22-43(53)37-60-33-32-59-29-26-48-46(56)39-62-35-30-57-27-19-23-44(54)38-61-34-31-58-28-25-47-45(55)24-18-13-11-9-7-5-3-4-6-8-10-12-16-21-42-36-49-51-50-42/h40H,3-39H2,1-2H3,(H,47,55)(H,48,56)/t40-/m0/s1. The van der Waals surface area contributed by atoms with Crippen molar-refractivity contribution >= 4 is 34.9 Å². The number of hydrogen-bond donors (Lipinski definition) is 2. The number of ether oxygens (including phenoxy) is 6. The minimum atomic E-state index is -0.258. The molecule has 1 aliphatic rings. The summed E-state index contributed by atoms with van der Waals surface area (Å²) in [5.74, 6) is 0.154. The molecule has 2 N–H and O–H groups in total. The highest BCUT2D eigenvalue weighted by Gasteiger charge is 2.09. The smallest absolute Gasteiger partial charge is 0.246 e. The van der Waals surface area contributed by atoms with Crippen molar-refractivity contribution in [2.75, 3.05) is 98.9 Å². The minimum Gasteiger partial charge on any atom is -0.379 e. The highest BCUT2D eigenvalue weighted by atomic mass is 16.5. The zero-order chi connectivity index (χ0) is 45.0. The third kappa shape index (κ3) is 39.8. The molecule has 0 aromatic heterocycles. The highest BCUT2D eigenvalue weighted by molar-refractivity contribution is 5.87. The van der Waals surface area contributed by atoms with E-state index >= 15 is 0 Å². The Kier molecular flexibility index (Phi) is 39.8. The van der Waals surface area contributed by atoms with E-state index < -0.39 is 0 Å². The number of nitrogens with one attached hydrogen (secondary N) is 2. The molecule has 16 heteroatoms. The van der Waals surface area contributed by atoms with E-state index in [0.29, 0.717) is 98.2 Å². The number of nitrogens with zero attached hydrogens (tertiary/aromatic N) is 3. The van der Waals surface area contributed by atoms with E-state index in [1.54, 1.807) is 6.92 Å². The molecule has 358 valence electrons. The minimum absolute atomic E-state index is 0.00981. The van der Waals surface area contributed by atoms with E-state index in [-0.39, 0.29) is 61.5 Å². The van der Waals surface area contributed by atoms with E-state index in [9.17, 15) is 24.0 Å². The zero-order valence-electron chi connectivity index (χ0n) is 38.6. The van der Waals surface area contributed by atoms with Gasteiger partial charge in [0.1, 0.15) is 32.1 Å². The van der Waals surface area contributed by atoms with Crippen LogP contribution in [0.5, 0.6) is 0 Å². The molecule has 0 bridgehead atoms. The van der Waals surface area contributed by atoms with E-state index in [4.69, 9.17) is 28.4 Å². The molecule has 0 unspecified atom stereocenters. The van der Waals surface area contributed by atoms with Crippen molar-refractivity contribution in [1.82, 2.24) is 10.6 Å². The van der Waals surface area contributed by atoms with Gasteiger partial charge in [-0.2, -0.15) is 5.11 Å². The van der Waals surface area contributed by atoms with Crippen molar-refractivity contribution in [2.45, 2.75) is 155 Å². The maximum absolute atomic E-state index is 12.1. The van der Waals surface area contributed by atoms with Gasteiger partial charge in [0.2, 0.25) is 11.8 Å². The Hall–Kier alpha value is -3.02. The summed E-state index contributed by atoms with van der Waals surface area (Å²) in [4.78, 5) is 59.1. The lowest BCUT2D eigenvalue weighted by molar-refractivity contribution is -0.127. The van der Waals surface area contributed by atoms with E-state index in [2.05, 4.69) is 26.1 Å². The Morgan fingerprint density at radius 3 is 1.50 bits per heavy atom. The Morgan fingerprint density at radius 1 is 0.500 bits per heavy atom. The summed E-state index contributed by atoms with van der Waals surface area (Å²) in [5.41, 5.74) is 1.13. The van der Waals surface area contributed by atoms with Crippen LogP contribution in [0.4, 0.5) is 0 Å². The van der Waals surface area contributed by atoms with Crippen LogP contribution in [0.2, 0.25) is 0 Å². The lowest BCUT2D eigenvalue weighted by atomic mass is 9.99. The third-order valence-electron chi connectivity index (χ3n) is 10.4. The molecule has 2 amide bonds. The van der Waals surface area contributed by atoms with Crippen LogP contribution >= 0.6 is 0 Å². The van der Waals surface area contributed by atoms with Crippen molar-refractivity contribution in [2.24, 2.45) is 21.4 Å². The predicted molar refractivity (Wildman–Crippen MR) is 240 cm³/mol. The van der Waals surface area contributed by atoms with Crippen molar-refractivity contribution in [3.63, 3.8) is 0 Å². The maximum Gasteiger partial charge on any atom is 0.246 e. The molecule has 0 saturated heterocycles. The molecule has 1 heterocycles. The summed E-state index contributed by atoms with van der Waals surface area (Å²) in [5, 5.41) is 17.2. The first-order valence-electron chi connectivity index (χ1n) is 23.7. The van der Waals surface area contributed by atoms with E-state index in [1.807, 2.05) is 6.92 Å². The van der Waals surface area contributed by atoms with Gasteiger partial charge in [0.25, 0.3) is 0 Å². The van der Waals surface area contributed by atoms with Gasteiger partial charge in [-0.15, -0.1) is 5.10 Å². The van der Waals surface area contributed by atoms with E-state index in [1.165, 1.54) is 70.6 Å². The number of carbonyl (C=O) groups excluding carboxylic acids is 5. The van der Waals surface area contributed by atoms with Gasteiger partial charge in [0, 0.05) is 44.9 Å². The zero-order valence-corrected chi connectivity index (χ0v) is 38.6. The fourth-order valence-electron chi connectivity index (χ4n) is 6.46. The first-order chi connectivity index (χ1) is 30.3. The average Bonchev–Trinajstić information content (AvgIpc) is 3.78. The molecule has 0 spiro atoms. The molecule has 0 aliphatic carbocycles. The monoisotopic (exact) mass is 882 g/mol. The van der Waals surface area contributed by atoms with Gasteiger partial charge in [-0.3, -0.25) is 24.0 Å². The Bertz CT molecular complexity index is 1220. The molecule has 0 saturated carbocycles. The molecule has 0 fully saturated rings. The normalized spacial score (nSPS) is 12.7. The highest BCUT2D eigenvalue weighted by Crippen LogP contribution is 2.15. The summed E-state index contributed by atoms with van der Waals surface area (Å²) in [6, 6.07) is 0. The van der Waals surface area contributed by atoms with Gasteiger partial charge in [-0.05, 0) is 50.7 Å². The van der Waals surface area contributed by atoms with Gasteiger partial charge in [0.15, 0.2) is 11.6 Å². The number of rotatable bonds is 48. The van der Waals surface area contributed by atoms with Crippen LogP contribution in [0.1, 0.15) is 155 Å². The summed E-state index contributed by atoms with van der Waals surface area (Å²) < 4.78 is 32.5. The van der Waals surface area contributed by atoms with Crippen molar-refractivity contribution in [3.05, 3.63) is 0 Å². The Morgan fingerprint density at radius 2 is 0.952 bits per heavy atom. The predicted octanol–water partition coefficient (Wildman–Crippen LogP) is 7.09. The summed E-state index contributed by atoms with van der Waals surface area (Å²) in [6.45, 7) is 8.06. The second-order valence-corrected chi connectivity index (χ2v) is 16.1. The molecule has 16 nitrogen and oxygen atoms in total. The molecule has 1 atom stereocenters. The second kappa shape index (κ2) is 43.2.